The van der Waals surface area contributed by atoms with E-state index in [-0.39, 0.29) is 29.8 Å². The van der Waals surface area contributed by atoms with Crippen LogP contribution in [0.5, 0.6) is 0 Å². The first kappa shape index (κ1) is 20.4. The lowest BCUT2D eigenvalue weighted by molar-refractivity contribution is -0.130. The third-order valence-corrected chi connectivity index (χ3v) is 6.20. The van der Waals surface area contributed by atoms with E-state index in [1.807, 2.05) is 0 Å². The summed E-state index contributed by atoms with van der Waals surface area (Å²) in [4.78, 5) is 14.1. The van der Waals surface area contributed by atoms with Crippen molar-refractivity contribution >= 4 is 44.3 Å². The van der Waals surface area contributed by atoms with Crippen molar-refractivity contribution in [1.29, 1.82) is 0 Å². The van der Waals surface area contributed by atoms with Crippen LogP contribution in [-0.4, -0.2) is 56.8 Å². The largest absolute Gasteiger partial charge is 0.341 e. The molecule has 2 N–H and O–H groups in total. The van der Waals surface area contributed by atoms with Gasteiger partial charge >= 0.3 is 0 Å². The molecule has 23 heavy (non-hydrogen) atoms. The van der Waals surface area contributed by atoms with E-state index in [1.165, 1.54) is 19.2 Å². The number of sulfonamides is 1. The number of nitrogens with two attached hydrogens (primary N) is 1. The van der Waals surface area contributed by atoms with Crippen LogP contribution in [0.4, 0.5) is 0 Å². The first-order valence-electron chi connectivity index (χ1n) is 7.04. The molecular weight excluding hydrogens is 406 g/mol. The average Bonchev–Trinajstić information content (AvgIpc) is 2.96. The average molecular weight is 427 g/mol. The summed E-state index contributed by atoms with van der Waals surface area (Å²) in [5, 5.41) is 0. The van der Waals surface area contributed by atoms with Gasteiger partial charge in [-0.3, -0.25) is 4.79 Å². The Labute approximate surface area is 151 Å². The van der Waals surface area contributed by atoms with E-state index < -0.39 is 10.0 Å². The lowest BCUT2D eigenvalue weighted by Gasteiger charge is -2.21. The number of likely N-dealkylation sites (N-methyl/N-ethyl adjacent to an activating group) is 1. The highest BCUT2D eigenvalue weighted by Crippen LogP contribution is 2.19. The van der Waals surface area contributed by atoms with E-state index in [4.69, 9.17) is 5.73 Å². The number of rotatable bonds is 5. The molecular formula is C14H21BrClN3O3S. The van der Waals surface area contributed by atoms with Gasteiger partial charge in [0, 0.05) is 24.6 Å². The number of carbonyl (C=O) groups excluding carboxylic acids is 1. The van der Waals surface area contributed by atoms with Crippen LogP contribution >= 0.6 is 28.3 Å². The van der Waals surface area contributed by atoms with Gasteiger partial charge in [0.25, 0.3) is 0 Å². The maximum absolute atomic E-state index is 12.4. The molecule has 9 heteroatoms. The molecule has 0 radical (unpaired) electrons. The topological polar surface area (TPSA) is 83.7 Å². The first-order valence-corrected chi connectivity index (χ1v) is 9.27. The van der Waals surface area contributed by atoms with Crippen LogP contribution in [-0.2, 0) is 14.8 Å². The molecule has 1 unspecified atom stereocenters. The Morgan fingerprint density at radius 1 is 1.39 bits per heavy atom. The van der Waals surface area contributed by atoms with Gasteiger partial charge in [-0.2, -0.15) is 4.31 Å². The summed E-state index contributed by atoms with van der Waals surface area (Å²) in [5.41, 5.74) is 5.61. The molecule has 1 amide bonds. The second-order valence-corrected chi connectivity index (χ2v) is 8.41. The van der Waals surface area contributed by atoms with Gasteiger partial charge in [0.05, 0.1) is 11.4 Å². The highest BCUT2D eigenvalue weighted by molar-refractivity contribution is 9.10. The number of benzene rings is 1. The summed E-state index contributed by atoms with van der Waals surface area (Å²) in [5.74, 6) is 0.136. The summed E-state index contributed by atoms with van der Waals surface area (Å²) in [6.45, 7) is 1.65. The van der Waals surface area contributed by atoms with Gasteiger partial charge in [0.2, 0.25) is 15.9 Å². The van der Waals surface area contributed by atoms with Gasteiger partial charge in [0.1, 0.15) is 0 Å². The first-order chi connectivity index (χ1) is 10.3. The number of hydrogen-bond acceptors (Lipinski definition) is 4. The molecule has 0 saturated carbocycles. The second kappa shape index (κ2) is 8.43. The number of nitrogens with zero attached hydrogens (tertiary/aromatic N) is 2. The van der Waals surface area contributed by atoms with Crippen LogP contribution in [0.15, 0.2) is 33.6 Å². The maximum atomic E-state index is 12.4. The lowest BCUT2D eigenvalue weighted by Crippen LogP contribution is -2.40. The fourth-order valence-corrected chi connectivity index (χ4v) is 3.80. The Bertz CT molecular complexity index is 639. The zero-order chi connectivity index (χ0) is 16.3. The Balaban J connectivity index is 0.00000264. The van der Waals surface area contributed by atoms with Crippen molar-refractivity contribution in [2.45, 2.75) is 11.3 Å². The number of likely N-dealkylation sites (tertiary alicyclic amines) is 1. The third kappa shape index (κ3) is 4.90. The van der Waals surface area contributed by atoms with Gasteiger partial charge in [-0.15, -0.1) is 12.4 Å². The van der Waals surface area contributed by atoms with Crippen LogP contribution in [0.3, 0.4) is 0 Å². The Morgan fingerprint density at radius 3 is 2.52 bits per heavy atom. The smallest absolute Gasteiger partial charge is 0.243 e. The van der Waals surface area contributed by atoms with Gasteiger partial charge in [-0.05, 0) is 43.1 Å². The summed E-state index contributed by atoms with van der Waals surface area (Å²) < 4.78 is 26.8. The normalized spacial score (nSPS) is 18.1. The molecule has 0 bridgehead atoms. The van der Waals surface area contributed by atoms with Crippen molar-refractivity contribution in [2.24, 2.45) is 11.7 Å². The predicted octanol–water partition coefficient (Wildman–Crippen LogP) is 1.30. The van der Waals surface area contributed by atoms with Crippen molar-refractivity contribution in [3.05, 3.63) is 28.7 Å². The van der Waals surface area contributed by atoms with E-state index in [0.717, 1.165) is 15.2 Å². The van der Waals surface area contributed by atoms with Gasteiger partial charge < -0.3 is 10.6 Å². The fraction of sp³-hybridized carbons (Fsp3) is 0.500. The molecule has 1 aliphatic rings. The molecule has 1 saturated heterocycles. The molecule has 0 aromatic heterocycles. The number of halogens is 2. The van der Waals surface area contributed by atoms with Crippen LogP contribution in [0.2, 0.25) is 0 Å². The minimum Gasteiger partial charge on any atom is -0.341 e. The van der Waals surface area contributed by atoms with Crippen LogP contribution < -0.4 is 5.73 Å². The monoisotopic (exact) mass is 425 g/mol. The molecule has 1 aliphatic heterocycles. The maximum Gasteiger partial charge on any atom is 0.243 e. The highest BCUT2D eigenvalue weighted by Gasteiger charge is 2.29. The predicted molar refractivity (Wildman–Crippen MR) is 94.9 cm³/mol. The van der Waals surface area contributed by atoms with Crippen molar-refractivity contribution in [1.82, 2.24) is 9.21 Å². The minimum atomic E-state index is -3.66. The van der Waals surface area contributed by atoms with Gasteiger partial charge in [-0.1, -0.05) is 15.9 Å². The molecule has 0 aliphatic carbocycles. The zero-order valence-corrected chi connectivity index (χ0v) is 16.0. The van der Waals surface area contributed by atoms with E-state index in [1.54, 1.807) is 17.0 Å². The Hall–Kier alpha value is -0.670. The second-order valence-electron chi connectivity index (χ2n) is 5.45. The zero-order valence-electron chi connectivity index (χ0n) is 12.8. The Kier molecular flexibility index (Phi) is 7.47. The fourth-order valence-electron chi connectivity index (χ4n) is 2.41. The number of amides is 1. The minimum absolute atomic E-state index is 0. The summed E-state index contributed by atoms with van der Waals surface area (Å²) in [6, 6.07) is 6.35. The molecule has 1 heterocycles. The summed E-state index contributed by atoms with van der Waals surface area (Å²) >= 11 is 3.27. The molecule has 2 rings (SSSR count). The third-order valence-electron chi connectivity index (χ3n) is 3.85. The van der Waals surface area contributed by atoms with E-state index >= 15 is 0 Å². The van der Waals surface area contributed by atoms with E-state index in [0.29, 0.717) is 25.6 Å². The molecule has 1 aromatic rings. The van der Waals surface area contributed by atoms with Gasteiger partial charge in [-0.25, -0.2) is 8.42 Å². The molecule has 1 aromatic carbocycles. The van der Waals surface area contributed by atoms with E-state index in [2.05, 4.69) is 15.9 Å². The van der Waals surface area contributed by atoms with Crippen LogP contribution in [0, 0.1) is 5.92 Å². The summed E-state index contributed by atoms with van der Waals surface area (Å²) in [6.07, 6.45) is 0.880. The standard InChI is InChI=1S/C14H20BrN3O3S.ClH/c1-17(10-14(19)18-7-6-11(8-16)9-18)22(20,21)13-4-2-12(15)3-5-13;/h2-5,11H,6-10,16H2,1H3;1H. The van der Waals surface area contributed by atoms with Crippen molar-refractivity contribution in [3.63, 3.8) is 0 Å². The molecule has 130 valence electrons. The highest BCUT2D eigenvalue weighted by atomic mass is 79.9. The number of carbonyl (C=O) groups is 1. The molecule has 1 fully saturated rings. The quantitative estimate of drug-likeness (QED) is 0.769. The van der Waals surface area contributed by atoms with Crippen molar-refractivity contribution in [2.75, 3.05) is 33.2 Å². The summed E-state index contributed by atoms with van der Waals surface area (Å²) in [7, 11) is -2.24. The van der Waals surface area contributed by atoms with Crippen molar-refractivity contribution in [3.8, 4) is 0 Å². The van der Waals surface area contributed by atoms with Crippen LogP contribution in [0.25, 0.3) is 0 Å². The molecule has 6 nitrogen and oxygen atoms in total. The molecule has 0 spiro atoms. The van der Waals surface area contributed by atoms with Crippen LogP contribution in [0.1, 0.15) is 6.42 Å². The Morgan fingerprint density at radius 2 is 2.00 bits per heavy atom. The number of hydrogen-bond donors (Lipinski definition) is 1. The lowest BCUT2D eigenvalue weighted by atomic mass is 10.1. The SMILES string of the molecule is CN(CC(=O)N1CCC(CN)C1)S(=O)(=O)c1ccc(Br)cc1.Cl. The molecule has 1 atom stereocenters. The van der Waals surface area contributed by atoms with E-state index in [9.17, 15) is 13.2 Å². The van der Waals surface area contributed by atoms with Gasteiger partial charge in [0.15, 0.2) is 0 Å². The van der Waals surface area contributed by atoms with Crippen molar-refractivity contribution < 1.29 is 13.2 Å².